The van der Waals surface area contributed by atoms with Crippen molar-refractivity contribution < 1.29 is 13.2 Å². The first kappa shape index (κ1) is 17.0. The number of carbonyl (C=O) groups is 1. The van der Waals surface area contributed by atoms with Crippen LogP contribution in [0.2, 0.25) is 0 Å². The second-order valence-corrected chi connectivity index (χ2v) is 8.03. The molecule has 1 aromatic heterocycles. The van der Waals surface area contributed by atoms with Crippen molar-refractivity contribution in [1.82, 2.24) is 5.32 Å². The number of hydrogen-bond donors (Lipinski definition) is 2. The lowest BCUT2D eigenvalue weighted by molar-refractivity contribution is 0.0959. The van der Waals surface area contributed by atoms with Crippen molar-refractivity contribution >= 4 is 43.7 Å². The van der Waals surface area contributed by atoms with Crippen LogP contribution in [0, 0.1) is 12.3 Å². The highest BCUT2D eigenvalue weighted by Gasteiger charge is 2.20. The molecule has 0 aliphatic rings. The number of carbonyl (C=O) groups excluding carboxylic acids is 1. The molecule has 0 saturated carbocycles. The van der Waals surface area contributed by atoms with Gasteiger partial charge in [-0.15, -0.1) is 17.8 Å². The number of fused-ring (bicyclic) bond motifs is 1. The van der Waals surface area contributed by atoms with Crippen LogP contribution in [0.15, 0.2) is 58.1 Å². The summed E-state index contributed by atoms with van der Waals surface area (Å²) >= 11 is 1.10. The van der Waals surface area contributed by atoms with Gasteiger partial charge in [0.05, 0.1) is 17.8 Å². The van der Waals surface area contributed by atoms with Crippen molar-refractivity contribution in [1.29, 1.82) is 0 Å². The summed E-state index contributed by atoms with van der Waals surface area (Å²) in [5, 5.41) is 5.89. The first-order chi connectivity index (χ1) is 12.0. The predicted molar refractivity (Wildman–Crippen MR) is 100 cm³/mol. The van der Waals surface area contributed by atoms with Crippen LogP contribution in [0.1, 0.15) is 10.4 Å². The van der Waals surface area contributed by atoms with Gasteiger partial charge in [0.15, 0.2) is 0 Å². The van der Waals surface area contributed by atoms with Gasteiger partial charge in [-0.25, -0.2) is 8.42 Å². The highest BCUT2D eigenvalue weighted by Crippen LogP contribution is 2.27. The van der Waals surface area contributed by atoms with Gasteiger partial charge in [0, 0.05) is 0 Å². The first-order valence-electron chi connectivity index (χ1n) is 7.32. The number of anilines is 1. The van der Waals surface area contributed by atoms with Crippen LogP contribution in [0.25, 0.3) is 10.8 Å². The molecule has 0 aliphatic heterocycles. The number of nitrogens with one attached hydrogen (secondary N) is 2. The molecule has 0 atom stereocenters. The van der Waals surface area contributed by atoms with E-state index >= 15 is 0 Å². The van der Waals surface area contributed by atoms with Gasteiger partial charge in [0.2, 0.25) is 0 Å². The molecule has 25 heavy (non-hydrogen) atoms. The first-order valence-corrected chi connectivity index (χ1v) is 9.68. The molecule has 0 saturated heterocycles. The summed E-state index contributed by atoms with van der Waals surface area (Å²) in [7, 11) is -3.77. The van der Waals surface area contributed by atoms with Gasteiger partial charge in [-0.05, 0) is 34.4 Å². The SMILES string of the molecule is C#CCNC(=O)c1cc2ccccc2cc1NS(=O)(=O)c1cccs1. The van der Waals surface area contributed by atoms with E-state index in [9.17, 15) is 13.2 Å². The van der Waals surface area contributed by atoms with Crippen molar-refractivity contribution in [3.8, 4) is 12.3 Å². The normalized spacial score (nSPS) is 11.0. The molecule has 3 rings (SSSR count). The Bertz CT molecular complexity index is 1070. The topological polar surface area (TPSA) is 75.3 Å². The number of amides is 1. The summed E-state index contributed by atoms with van der Waals surface area (Å²) < 4.78 is 27.7. The molecule has 2 N–H and O–H groups in total. The number of hydrogen-bond acceptors (Lipinski definition) is 4. The lowest BCUT2D eigenvalue weighted by Crippen LogP contribution is -2.25. The number of thiophene rings is 1. The second kappa shape index (κ2) is 6.97. The van der Waals surface area contributed by atoms with Crippen LogP contribution in [-0.2, 0) is 10.0 Å². The fourth-order valence-electron chi connectivity index (χ4n) is 2.35. The minimum absolute atomic E-state index is 0.0583. The highest BCUT2D eigenvalue weighted by molar-refractivity contribution is 7.94. The molecule has 1 heterocycles. The van der Waals surface area contributed by atoms with Crippen LogP contribution >= 0.6 is 11.3 Å². The Balaban J connectivity index is 2.08. The van der Waals surface area contributed by atoms with E-state index in [0.717, 1.165) is 22.1 Å². The van der Waals surface area contributed by atoms with Gasteiger partial charge in [0.25, 0.3) is 15.9 Å². The molecule has 126 valence electrons. The lowest BCUT2D eigenvalue weighted by atomic mass is 10.0. The zero-order chi connectivity index (χ0) is 17.9. The fourth-order valence-corrected chi connectivity index (χ4v) is 4.41. The van der Waals surface area contributed by atoms with Crippen molar-refractivity contribution in [2.24, 2.45) is 0 Å². The van der Waals surface area contributed by atoms with Gasteiger partial charge in [-0.2, -0.15) is 0 Å². The second-order valence-electron chi connectivity index (χ2n) is 5.17. The summed E-state index contributed by atoms with van der Waals surface area (Å²) in [5.41, 5.74) is 0.427. The maximum absolute atomic E-state index is 12.5. The Morgan fingerprint density at radius 1 is 1.12 bits per heavy atom. The van der Waals surface area contributed by atoms with Crippen molar-refractivity contribution in [2.75, 3.05) is 11.3 Å². The zero-order valence-electron chi connectivity index (χ0n) is 13.0. The van der Waals surface area contributed by atoms with Gasteiger partial charge < -0.3 is 5.32 Å². The third-order valence-electron chi connectivity index (χ3n) is 3.49. The monoisotopic (exact) mass is 370 g/mol. The maximum Gasteiger partial charge on any atom is 0.271 e. The van der Waals surface area contributed by atoms with E-state index in [1.165, 1.54) is 6.07 Å². The Morgan fingerprint density at radius 3 is 2.48 bits per heavy atom. The molecular weight excluding hydrogens is 356 g/mol. The van der Waals surface area contributed by atoms with E-state index in [4.69, 9.17) is 6.42 Å². The van der Waals surface area contributed by atoms with Crippen molar-refractivity contribution in [2.45, 2.75) is 4.21 Å². The summed E-state index contributed by atoms with van der Waals surface area (Å²) in [6.07, 6.45) is 5.17. The van der Waals surface area contributed by atoms with Crippen molar-refractivity contribution in [3.05, 3.63) is 59.5 Å². The van der Waals surface area contributed by atoms with Crippen LogP contribution in [0.3, 0.4) is 0 Å². The van der Waals surface area contributed by atoms with Crippen LogP contribution in [0.4, 0.5) is 5.69 Å². The quantitative estimate of drug-likeness (QED) is 0.678. The zero-order valence-corrected chi connectivity index (χ0v) is 14.7. The number of benzene rings is 2. The van der Waals surface area contributed by atoms with Gasteiger partial charge in [-0.1, -0.05) is 36.3 Å². The number of terminal acetylenes is 1. The van der Waals surface area contributed by atoms with Gasteiger partial charge in [-0.3, -0.25) is 9.52 Å². The summed E-state index contributed by atoms with van der Waals surface area (Å²) in [5.74, 6) is 1.89. The van der Waals surface area contributed by atoms with E-state index in [1.54, 1.807) is 23.6 Å². The predicted octanol–water partition coefficient (Wildman–Crippen LogP) is 3.07. The van der Waals surface area contributed by atoms with Crippen LogP contribution < -0.4 is 10.0 Å². The van der Waals surface area contributed by atoms with E-state index < -0.39 is 15.9 Å². The minimum atomic E-state index is -3.77. The van der Waals surface area contributed by atoms with Gasteiger partial charge in [0.1, 0.15) is 4.21 Å². The Labute approximate surface area is 149 Å². The average molecular weight is 370 g/mol. The van der Waals surface area contributed by atoms with Crippen molar-refractivity contribution in [3.63, 3.8) is 0 Å². The Kier molecular flexibility index (Phi) is 4.74. The molecule has 0 radical (unpaired) electrons. The molecule has 5 nitrogen and oxygen atoms in total. The molecule has 0 fully saturated rings. The Morgan fingerprint density at radius 2 is 1.84 bits per heavy atom. The summed E-state index contributed by atoms with van der Waals surface area (Å²) in [6.45, 7) is 0.0583. The molecule has 1 amide bonds. The molecule has 0 spiro atoms. The standard InChI is InChI=1S/C18H14N2O3S2/c1-2-9-19-18(21)15-11-13-6-3-4-7-14(13)12-16(15)20-25(22,23)17-8-5-10-24-17/h1,3-8,10-12,20H,9H2,(H,19,21). The smallest absolute Gasteiger partial charge is 0.271 e. The molecule has 0 bridgehead atoms. The summed E-state index contributed by atoms with van der Waals surface area (Å²) in [4.78, 5) is 12.4. The third kappa shape index (κ3) is 3.65. The van der Waals surface area contributed by atoms with E-state index in [1.807, 2.05) is 24.3 Å². The van der Waals surface area contributed by atoms with Crippen LogP contribution in [0.5, 0.6) is 0 Å². The largest absolute Gasteiger partial charge is 0.341 e. The Hall–Kier alpha value is -2.82. The lowest BCUT2D eigenvalue weighted by Gasteiger charge is -2.13. The third-order valence-corrected chi connectivity index (χ3v) is 6.25. The molecular formula is C18H14N2O3S2. The maximum atomic E-state index is 12.5. The molecule has 0 unspecified atom stereocenters. The van der Waals surface area contributed by atoms with E-state index in [0.29, 0.717) is 0 Å². The minimum Gasteiger partial charge on any atom is -0.341 e. The van der Waals surface area contributed by atoms with Gasteiger partial charge >= 0.3 is 0 Å². The van der Waals surface area contributed by atoms with E-state index in [-0.39, 0.29) is 22.0 Å². The molecule has 0 aliphatic carbocycles. The molecule has 7 heteroatoms. The summed E-state index contributed by atoms with van der Waals surface area (Å²) in [6, 6.07) is 13.8. The highest BCUT2D eigenvalue weighted by atomic mass is 32.2. The van der Waals surface area contributed by atoms with E-state index in [2.05, 4.69) is 16.0 Å². The number of rotatable bonds is 5. The van der Waals surface area contributed by atoms with Crippen LogP contribution in [-0.4, -0.2) is 20.9 Å². The fraction of sp³-hybridized carbons (Fsp3) is 0.0556. The average Bonchev–Trinajstić information content (AvgIpc) is 3.14. The molecule has 2 aromatic carbocycles. The molecule has 3 aromatic rings. The number of sulfonamides is 1.